The van der Waals surface area contributed by atoms with Gasteiger partial charge in [0.2, 0.25) is 0 Å². The zero-order valence-electron chi connectivity index (χ0n) is 11.4. The lowest BCUT2D eigenvalue weighted by molar-refractivity contribution is -0.139. The Hall–Kier alpha value is -1.26. The van der Waals surface area contributed by atoms with Gasteiger partial charge in [0.15, 0.2) is 0 Å². The van der Waals surface area contributed by atoms with E-state index in [1.807, 2.05) is 6.92 Å². The standard InChI is InChI=1S/C15H19F4N/c1-10(11-5-3-2-4-6-11)20-12-7-8-14(16)13(9-12)15(17,18)19/h7-11,20H,2-6H2,1H3. The summed E-state index contributed by atoms with van der Waals surface area (Å²) in [7, 11) is 0. The average molecular weight is 289 g/mol. The van der Waals surface area contributed by atoms with Crippen LogP contribution >= 0.6 is 0 Å². The lowest BCUT2D eigenvalue weighted by atomic mass is 9.84. The fourth-order valence-electron chi connectivity index (χ4n) is 2.85. The first-order valence-corrected chi connectivity index (χ1v) is 7.01. The van der Waals surface area contributed by atoms with Crippen LogP contribution in [0.15, 0.2) is 18.2 Å². The summed E-state index contributed by atoms with van der Waals surface area (Å²) in [5, 5.41) is 3.08. The highest BCUT2D eigenvalue weighted by Crippen LogP contribution is 2.34. The molecule has 1 aliphatic rings. The van der Waals surface area contributed by atoms with Crippen molar-refractivity contribution >= 4 is 5.69 Å². The fourth-order valence-corrected chi connectivity index (χ4v) is 2.85. The molecule has 1 atom stereocenters. The van der Waals surface area contributed by atoms with Gasteiger partial charge in [-0.05, 0) is 43.9 Å². The molecular weight excluding hydrogens is 270 g/mol. The van der Waals surface area contributed by atoms with Gasteiger partial charge in [0.25, 0.3) is 0 Å². The predicted octanol–water partition coefficient (Wildman–Crippen LogP) is 5.23. The van der Waals surface area contributed by atoms with Gasteiger partial charge < -0.3 is 5.32 Å². The lowest BCUT2D eigenvalue weighted by Gasteiger charge is -2.29. The van der Waals surface area contributed by atoms with Crippen molar-refractivity contribution in [2.45, 2.75) is 51.2 Å². The first-order valence-electron chi connectivity index (χ1n) is 7.01. The number of hydrogen-bond acceptors (Lipinski definition) is 1. The summed E-state index contributed by atoms with van der Waals surface area (Å²) in [4.78, 5) is 0. The van der Waals surface area contributed by atoms with E-state index in [0.29, 0.717) is 11.6 Å². The molecule has 1 nitrogen and oxygen atoms in total. The van der Waals surface area contributed by atoms with Crippen LogP contribution in [0.1, 0.15) is 44.6 Å². The van der Waals surface area contributed by atoms with E-state index in [-0.39, 0.29) is 6.04 Å². The highest BCUT2D eigenvalue weighted by molar-refractivity contribution is 5.47. The zero-order valence-corrected chi connectivity index (χ0v) is 11.4. The van der Waals surface area contributed by atoms with Crippen molar-refractivity contribution in [2.24, 2.45) is 5.92 Å². The Morgan fingerprint density at radius 3 is 2.40 bits per heavy atom. The van der Waals surface area contributed by atoms with Gasteiger partial charge >= 0.3 is 6.18 Å². The molecule has 1 aliphatic carbocycles. The maximum Gasteiger partial charge on any atom is 0.419 e. The van der Waals surface area contributed by atoms with Crippen LogP contribution < -0.4 is 5.32 Å². The Kier molecular flexibility index (Phi) is 4.55. The molecule has 0 aliphatic heterocycles. The Balaban J connectivity index is 2.09. The molecule has 0 heterocycles. The van der Waals surface area contributed by atoms with E-state index in [9.17, 15) is 17.6 Å². The van der Waals surface area contributed by atoms with E-state index in [4.69, 9.17) is 0 Å². The number of anilines is 1. The molecule has 0 bridgehead atoms. The van der Waals surface area contributed by atoms with Crippen molar-refractivity contribution in [3.8, 4) is 0 Å². The number of alkyl halides is 3. The molecule has 0 aromatic heterocycles. The highest BCUT2D eigenvalue weighted by Gasteiger charge is 2.34. The van der Waals surface area contributed by atoms with Crippen LogP contribution in [-0.4, -0.2) is 6.04 Å². The van der Waals surface area contributed by atoms with Crippen molar-refractivity contribution < 1.29 is 17.6 Å². The fraction of sp³-hybridized carbons (Fsp3) is 0.600. The summed E-state index contributed by atoms with van der Waals surface area (Å²) in [6.45, 7) is 1.98. The minimum Gasteiger partial charge on any atom is -0.382 e. The van der Waals surface area contributed by atoms with Gasteiger partial charge in [0.1, 0.15) is 5.82 Å². The molecule has 1 aromatic carbocycles. The van der Waals surface area contributed by atoms with Crippen LogP contribution in [0, 0.1) is 11.7 Å². The molecule has 0 saturated heterocycles. The highest BCUT2D eigenvalue weighted by atomic mass is 19.4. The van der Waals surface area contributed by atoms with E-state index in [2.05, 4.69) is 5.32 Å². The third-order valence-electron chi connectivity index (χ3n) is 4.02. The van der Waals surface area contributed by atoms with Crippen molar-refractivity contribution in [1.82, 2.24) is 0 Å². The number of hydrogen-bond donors (Lipinski definition) is 1. The first-order chi connectivity index (χ1) is 9.38. The maximum absolute atomic E-state index is 13.2. The lowest BCUT2D eigenvalue weighted by Crippen LogP contribution is -2.27. The van der Waals surface area contributed by atoms with Gasteiger partial charge in [-0.1, -0.05) is 19.3 Å². The van der Waals surface area contributed by atoms with Gasteiger partial charge in [0, 0.05) is 11.7 Å². The number of nitrogens with one attached hydrogen (secondary N) is 1. The van der Waals surface area contributed by atoms with E-state index < -0.39 is 17.6 Å². The van der Waals surface area contributed by atoms with E-state index in [1.54, 1.807) is 0 Å². The first kappa shape index (κ1) is 15.1. The summed E-state index contributed by atoms with van der Waals surface area (Å²) in [5.74, 6) is -0.753. The van der Waals surface area contributed by atoms with Crippen molar-refractivity contribution in [3.05, 3.63) is 29.6 Å². The summed E-state index contributed by atoms with van der Waals surface area (Å²) in [6, 6.07) is 3.19. The third-order valence-corrected chi connectivity index (χ3v) is 4.02. The largest absolute Gasteiger partial charge is 0.419 e. The SMILES string of the molecule is CC(Nc1ccc(F)c(C(F)(F)F)c1)C1CCCCC1. The van der Waals surface area contributed by atoms with E-state index in [1.165, 1.54) is 25.3 Å². The number of benzene rings is 1. The second-order valence-electron chi connectivity index (χ2n) is 5.52. The average Bonchev–Trinajstić information content (AvgIpc) is 2.40. The van der Waals surface area contributed by atoms with Crippen LogP contribution in [-0.2, 0) is 6.18 Å². The molecule has 0 radical (unpaired) electrons. The monoisotopic (exact) mass is 289 g/mol. The van der Waals surface area contributed by atoms with Crippen molar-refractivity contribution in [1.29, 1.82) is 0 Å². The Labute approximate surface area is 116 Å². The topological polar surface area (TPSA) is 12.0 Å². The third kappa shape index (κ3) is 3.64. The molecule has 0 spiro atoms. The molecule has 112 valence electrons. The minimum atomic E-state index is -4.66. The quantitative estimate of drug-likeness (QED) is 0.752. The summed E-state index contributed by atoms with van der Waals surface area (Å²) >= 11 is 0. The zero-order chi connectivity index (χ0) is 14.8. The van der Waals surface area contributed by atoms with Crippen LogP contribution in [0.5, 0.6) is 0 Å². The molecule has 5 heteroatoms. The molecule has 1 saturated carbocycles. The number of rotatable bonds is 3. The van der Waals surface area contributed by atoms with Crippen LogP contribution in [0.2, 0.25) is 0 Å². The summed E-state index contributed by atoms with van der Waals surface area (Å²) in [6.07, 6.45) is 1.12. The molecule has 1 unspecified atom stereocenters. The van der Waals surface area contributed by atoms with Crippen LogP contribution in [0.25, 0.3) is 0 Å². The minimum absolute atomic E-state index is 0.0989. The van der Waals surface area contributed by atoms with Gasteiger partial charge in [-0.15, -0.1) is 0 Å². The molecule has 20 heavy (non-hydrogen) atoms. The predicted molar refractivity (Wildman–Crippen MR) is 71.1 cm³/mol. The summed E-state index contributed by atoms with van der Waals surface area (Å²) in [5.41, 5.74) is -0.879. The van der Waals surface area contributed by atoms with Crippen molar-refractivity contribution in [2.75, 3.05) is 5.32 Å². The Morgan fingerprint density at radius 2 is 1.80 bits per heavy atom. The van der Waals surface area contributed by atoms with Crippen LogP contribution in [0.3, 0.4) is 0 Å². The van der Waals surface area contributed by atoms with E-state index >= 15 is 0 Å². The molecule has 1 aromatic rings. The molecule has 0 amide bonds. The van der Waals surface area contributed by atoms with Crippen LogP contribution in [0.4, 0.5) is 23.2 Å². The summed E-state index contributed by atoms with van der Waals surface area (Å²) < 4.78 is 51.2. The van der Waals surface area contributed by atoms with Gasteiger partial charge in [-0.25, -0.2) is 4.39 Å². The molecule has 1 N–H and O–H groups in total. The Bertz CT molecular complexity index is 450. The Morgan fingerprint density at radius 1 is 1.15 bits per heavy atom. The molecular formula is C15H19F4N. The second kappa shape index (κ2) is 6.02. The van der Waals surface area contributed by atoms with E-state index in [0.717, 1.165) is 25.0 Å². The van der Waals surface area contributed by atoms with Gasteiger partial charge in [0.05, 0.1) is 5.56 Å². The van der Waals surface area contributed by atoms with Crippen molar-refractivity contribution in [3.63, 3.8) is 0 Å². The smallest absolute Gasteiger partial charge is 0.382 e. The normalized spacial score (nSPS) is 18.9. The maximum atomic E-state index is 13.2. The number of halogens is 4. The second-order valence-corrected chi connectivity index (χ2v) is 5.52. The van der Waals surface area contributed by atoms with Gasteiger partial charge in [-0.3, -0.25) is 0 Å². The molecule has 1 fully saturated rings. The molecule has 2 rings (SSSR count). The van der Waals surface area contributed by atoms with Gasteiger partial charge in [-0.2, -0.15) is 13.2 Å².